The maximum Gasteiger partial charge on any atom is 0.224 e. The van der Waals surface area contributed by atoms with Crippen LogP contribution in [-0.4, -0.2) is 17.4 Å². The predicted octanol–water partition coefficient (Wildman–Crippen LogP) is 3.81. The third-order valence-electron chi connectivity index (χ3n) is 4.10. The maximum absolute atomic E-state index is 12.2. The van der Waals surface area contributed by atoms with Crippen LogP contribution in [0.5, 0.6) is 0 Å². The summed E-state index contributed by atoms with van der Waals surface area (Å²) in [5.74, 6) is 0.0600. The van der Waals surface area contributed by atoms with Gasteiger partial charge in [0.25, 0.3) is 0 Å². The van der Waals surface area contributed by atoms with E-state index in [0.717, 1.165) is 34.1 Å². The molecule has 0 fully saturated rings. The van der Waals surface area contributed by atoms with Crippen LogP contribution in [0.25, 0.3) is 10.9 Å². The fraction of sp³-hybridized carbons (Fsp3) is 0.263. The van der Waals surface area contributed by atoms with Gasteiger partial charge in [0.15, 0.2) is 0 Å². The molecule has 3 rings (SSSR count). The summed E-state index contributed by atoms with van der Waals surface area (Å²) in [6, 6.07) is 12.2. The Hall–Kier alpha value is -2.20. The number of rotatable bonds is 5. The Labute approximate surface area is 140 Å². The topological polar surface area (TPSA) is 42.0 Å². The summed E-state index contributed by atoms with van der Waals surface area (Å²) in [4.78, 5) is 18.2. The third kappa shape index (κ3) is 3.59. The largest absolute Gasteiger partial charge is 0.355 e. The van der Waals surface area contributed by atoms with Crippen molar-refractivity contribution >= 4 is 28.1 Å². The van der Waals surface area contributed by atoms with Gasteiger partial charge in [-0.2, -0.15) is 0 Å². The summed E-state index contributed by atoms with van der Waals surface area (Å²) in [5, 5.41) is 6.20. The van der Waals surface area contributed by atoms with Crippen LogP contribution in [0.15, 0.2) is 41.8 Å². The fourth-order valence-electron chi connectivity index (χ4n) is 2.83. The van der Waals surface area contributed by atoms with Crippen LogP contribution in [0, 0.1) is 13.8 Å². The molecule has 0 radical (unpaired) electrons. The van der Waals surface area contributed by atoms with Gasteiger partial charge in [0.1, 0.15) is 0 Å². The van der Waals surface area contributed by atoms with Crippen molar-refractivity contribution in [3.05, 3.63) is 63.5 Å². The smallest absolute Gasteiger partial charge is 0.224 e. The molecule has 0 spiro atoms. The number of hydrogen-bond acceptors (Lipinski definition) is 3. The van der Waals surface area contributed by atoms with E-state index in [1.54, 1.807) is 11.3 Å². The summed E-state index contributed by atoms with van der Waals surface area (Å²) in [7, 11) is 0. The second-order valence-corrected chi connectivity index (χ2v) is 6.71. The van der Waals surface area contributed by atoms with Gasteiger partial charge >= 0.3 is 0 Å². The second-order valence-electron chi connectivity index (χ2n) is 5.67. The van der Waals surface area contributed by atoms with Crippen molar-refractivity contribution in [1.29, 1.82) is 0 Å². The minimum atomic E-state index is 0.0600. The molecule has 1 amide bonds. The highest BCUT2D eigenvalue weighted by molar-refractivity contribution is 7.09. The van der Waals surface area contributed by atoms with Crippen LogP contribution in [0.2, 0.25) is 0 Å². The van der Waals surface area contributed by atoms with E-state index in [0.29, 0.717) is 13.0 Å². The molecule has 0 saturated heterocycles. The zero-order valence-electron chi connectivity index (χ0n) is 13.4. The molecule has 1 N–H and O–H groups in total. The summed E-state index contributed by atoms with van der Waals surface area (Å²) >= 11 is 1.72. The first-order valence-corrected chi connectivity index (χ1v) is 8.67. The van der Waals surface area contributed by atoms with Gasteiger partial charge in [0.2, 0.25) is 5.91 Å². The monoisotopic (exact) mass is 324 g/mol. The number of nitrogens with one attached hydrogen (secondary N) is 1. The van der Waals surface area contributed by atoms with Crippen LogP contribution < -0.4 is 5.32 Å². The van der Waals surface area contributed by atoms with E-state index in [1.807, 2.05) is 31.2 Å². The molecule has 4 heteroatoms. The number of nitrogens with zero attached hydrogens (tertiary/aromatic N) is 1. The van der Waals surface area contributed by atoms with Crippen molar-refractivity contribution in [2.24, 2.45) is 0 Å². The van der Waals surface area contributed by atoms with Crippen molar-refractivity contribution < 1.29 is 4.79 Å². The van der Waals surface area contributed by atoms with Gasteiger partial charge in [0.05, 0.1) is 11.9 Å². The van der Waals surface area contributed by atoms with Crippen LogP contribution in [-0.2, 0) is 17.6 Å². The fourth-order valence-corrected chi connectivity index (χ4v) is 3.54. The molecule has 2 aromatic heterocycles. The first-order valence-electron chi connectivity index (χ1n) is 7.79. The Morgan fingerprint density at radius 2 is 2.00 bits per heavy atom. The first-order chi connectivity index (χ1) is 11.1. The minimum Gasteiger partial charge on any atom is -0.355 e. The number of amides is 1. The van der Waals surface area contributed by atoms with Gasteiger partial charge in [-0.25, -0.2) is 0 Å². The van der Waals surface area contributed by atoms with Crippen molar-refractivity contribution in [2.75, 3.05) is 6.54 Å². The summed E-state index contributed by atoms with van der Waals surface area (Å²) in [6.45, 7) is 4.73. The molecule has 1 aromatic carbocycles. The second kappa shape index (κ2) is 6.92. The standard InChI is InChI=1S/C19H20N2OS/c1-13-16-7-3-4-8-18(16)21-14(2)17(13)12-19(22)20-10-9-15-6-5-11-23-15/h3-8,11H,9-10,12H2,1-2H3,(H,20,22). The van der Waals surface area contributed by atoms with Gasteiger partial charge in [0, 0.05) is 22.5 Å². The molecule has 0 aliphatic heterocycles. The number of carbonyl (C=O) groups is 1. The number of fused-ring (bicyclic) bond motifs is 1. The summed E-state index contributed by atoms with van der Waals surface area (Å²) in [5.41, 5.74) is 4.12. The van der Waals surface area contributed by atoms with E-state index in [4.69, 9.17) is 0 Å². The lowest BCUT2D eigenvalue weighted by atomic mass is 9.99. The van der Waals surface area contributed by atoms with E-state index < -0.39 is 0 Å². The Morgan fingerprint density at radius 1 is 1.17 bits per heavy atom. The lowest BCUT2D eigenvalue weighted by Gasteiger charge is -2.12. The number of thiophene rings is 1. The Bertz CT molecular complexity index is 825. The van der Waals surface area contributed by atoms with Crippen molar-refractivity contribution in [3.8, 4) is 0 Å². The number of carbonyl (C=O) groups excluding carboxylic acids is 1. The molecule has 0 bridgehead atoms. The predicted molar refractivity (Wildman–Crippen MR) is 96.0 cm³/mol. The van der Waals surface area contributed by atoms with E-state index in [9.17, 15) is 4.79 Å². The molecular formula is C19H20N2OS. The SMILES string of the molecule is Cc1nc2ccccc2c(C)c1CC(=O)NCCc1cccs1. The summed E-state index contributed by atoms with van der Waals surface area (Å²) < 4.78 is 0. The molecule has 0 aliphatic rings. The van der Waals surface area contributed by atoms with Gasteiger partial charge in [-0.05, 0) is 48.9 Å². The van der Waals surface area contributed by atoms with Crippen LogP contribution >= 0.6 is 11.3 Å². The minimum absolute atomic E-state index is 0.0600. The number of para-hydroxylation sites is 1. The first kappa shape index (κ1) is 15.7. The van der Waals surface area contributed by atoms with Crippen molar-refractivity contribution in [1.82, 2.24) is 10.3 Å². The number of pyridine rings is 1. The normalized spacial score (nSPS) is 10.9. The van der Waals surface area contributed by atoms with E-state index in [1.165, 1.54) is 4.88 Å². The van der Waals surface area contributed by atoms with E-state index >= 15 is 0 Å². The average molecular weight is 324 g/mol. The van der Waals surface area contributed by atoms with Crippen molar-refractivity contribution in [3.63, 3.8) is 0 Å². The molecule has 2 heterocycles. The molecule has 3 aromatic rings. The van der Waals surface area contributed by atoms with E-state index in [-0.39, 0.29) is 5.91 Å². The molecule has 118 valence electrons. The lowest BCUT2D eigenvalue weighted by molar-refractivity contribution is -0.120. The average Bonchev–Trinajstić information content (AvgIpc) is 3.05. The zero-order valence-corrected chi connectivity index (χ0v) is 14.2. The Balaban J connectivity index is 1.69. The molecule has 0 saturated carbocycles. The zero-order chi connectivity index (χ0) is 16.2. The van der Waals surface area contributed by atoms with Gasteiger partial charge in [-0.3, -0.25) is 9.78 Å². The molecule has 0 unspecified atom stereocenters. The number of benzene rings is 1. The summed E-state index contributed by atoms with van der Waals surface area (Å²) in [6.07, 6.45) is 1.28. The third-order valence-corrected chi connectivity index (χ3v) is 5.03. The highest BCUT2D eigenvalue weighted by Gasteiger charge is 2.12. The van der Waals surface area contributed by atoms with Crippen LogP contribution in [0.1, 0.15) is 21.7 Å². The molecule has 0 atom stereocenters. The van der Waals surface area contributed by atoms with Crippen LogP contribution in [0.3, 0.4) is 0 Å². The van der Waals surface area contributed by atoms with Gasteiger partial charge in [-0.15, -0.1) is 11.3 Å². The molecule has 3 nitrogen and oxygen atoms in total. The maximum atomic E-state index is 12.2. The van der Waals surface area contributed by atoms with Gasteiger partial charge in [-0.1, -0.05) is 24.3 Å². The molecule has 23 heavy (non-hydrogen) atoms. The van der Waals surface area contributed by atoms with Gasteiger partial charge < -0.3 is 5.32 Å². The number of aryl methyl sites for hydroxylation is 2. The van der Waals surface area contributed by atoms with E-state index in [2.05, 4.69) is 34.7 Å². The Morgan fingerprint density at radius 3 is 2.78 bits per heavy atom. The number of aromatic nitrogens is 1. The van der Waals surface area contributed by atoms with Crippen molar-refractivity contribution in [2.45, 2.75) is 26.7 Å². The highest BCUT2D eigenvalue weighted by atomic mass is 32.1. The highest BCUT2D eigenvalue weighted by Crippen LogP contribution is 2.22. The number of hydrogen-bond donors (Lipinski definition) is 1. The molecular weight excluding hydrogens is 304 g/mol. The molecule has 0 aliphatic carbocycles. The quantitative estimate of drug-likeness (QED) is 0.775. The Kier molecular flexibility index (Phi) is 4.72. The van der Waals surface area contributed by atoms with Crippen LogP contribution in [0.4, 0.5) is 0 Å². The lowest BCUT2D eigenvalue weighted by Crippen LogP contribution is -2.27.